The van der Waals surface area contributed by atoms with Gasteiger partial charge in [-0.25, -0.2) is 0 Å². The van der Waals surface area contributed by atoms with Gasteiger partial charge in [0.15, 0.2) is 0 Å². The zero-order valence-corrected chi connectivity index (χ0v) is 4.52. The molecule has 0 saturated carbocycles. The van der Waals surface area contributed by atoms with Crippen LogP contribution in [-0.4, -0.2) is 0 Å². The van der Waals surface area contributed by atoms with Crippen molar-refractivity contribution in [1.82, 2.24) is 0 Å². The highest BCUT2D eigenvalue weighted by molar-refractivity contribution is 5.39. The van der Waals surface area contributed by atoms with Crippen LogP contribution in [0.4, 0.5) is 5.69 Å². The van der Waals surface area contributed by atoms with Gasteiger partial charge in [-0.05, 0) is 30.7 Å². The fraction of sp³-hybridized carbons (Fsp3) is 0. The molecule has 2 radical (unpaired) electrons. The Kier molecular flexibility index (Phi) is 1.20. The van der Waals surface area contributed by atoms with Crippen LogP contribution in [0.5, 0.6) is 0 Å². The summed E-state index contributed by atoms with van der Waals surface area (Å²) in [4.78, 5) is 0. The second kappa shape index (κ2) is 1.86. The van der Waals surface area contributed by atoms with Crippen LogP contribution in [0.3, 0.4) is 0 Å². The smallest absolute Gasteiger partial charge is 0.0320 e. The van der Waals surface area contributed by atoms with Gasteiger partial charge in [-0.3, -0.25) is 0 Å². The van der Waals surface area contributed by atoms with E-state index in [0.29, 0.717) is 0 Å². The van der Waals surface area contributed by atoms with Crippen molar-refractivity contribution in [1.29, 1.82) is 0 Å². The van der Waals surface area contributed by atoms with Gasteiger partial charge >= 0.3 is 0 Å². The Morgan fingerprint density at radius 1 is 1.50 bits per heavy atom. The van der Waals surface area contributed by atoms with Crippen LogP contribution in [0.2, 0.25) is 0 Å². The van der Waals surface area contributed by atoms with E-state index in [9.17, 15) is 0 Å². The van der Waals surface area contributed by atoms with Crippen molar-refractivity contribution in [3.05, 3.63) is 36.8 Å². The van der Waals surface area contributed by atoms with Gasteiger partial charge < -0.3 is 5.73 Å². The van der Waals surface area contributed by atoms with E-state index in [0.717, 1.165) is 11.3 Å². The monoisotopic (exact) mass is 105 g/mol. The van der Waals surface area contributed by atoms with E-state index in [1.807, 2.05) is 6.07 Å². The number of nitrogen functional groups attached to an aromatic ring is 1. The van der Waals surface area contributed by atoms with E-state index in [4.69, 9.17) is 5.73 Å². The third-order valence-corrected chi connectivity index (χ3v) is 0.901. The van der Waals surface area contributed by atoms with Crippen molar-refractivity contribution in [2.75, 3.05) is 5.73 Å². The summed E-state index contributed by atoms with van der Waals surface area (Å²) in [5, 5.41) is 0. The van der Waals surface area contributed by atoms with Gasteiger partial charge in [0.1, 0.15) is 0 Å². The molecule has 0 atom stereocenters. The molecule has 0 fully saturated rings. The highest BCUT2D eigenvalue weighted by Crippen LogP contribution is 2.01. The fourth-order valence-electron chi connectivity index (χ4n) is 0.469. The lowest BCUT2D eigenvalue weighted by molar-refractivity contribution is 1.59. The molecule has 0 aliphatic carbocycles. The minimum atomic E-state index is 0.734. The van der Waals surface area contributed by atoms with E-state index in [2.05, 4.69) is 13.0 Å². The normalized spacial score (nSPS) is 9.12. The molecule has 0 bridgehead atoms. The van der Waals surface area contributed by atoms with E-state index >= 15 is 0 Å². The maximum absolute atomic E-state index is 5.37. The summed E-state index contributed by atoms with van der Waals surface area (Å²) in [6.45, 7) is 3.65. The Balaban J connectivity index is 3.03. The number of hydrogen-bond donors (Lipinski definition) is 1. The molecule has 1 nitrogen and oxygen atoms in total. The molecule has 1 rings (SSSR count). The zero-order chi connectivity index (χ0) is 5.98. The first-order chi connectivity index (χ1) is 3.79. The van der Waals surface area contributed by atoms with E-state index in [1.165, 1.54) is 0 Å². The average molecular weight is 105 g/mol. The van der Waals surface area contributed by atoms with Gasteiger partial charge in [-0.1, -0.05) is 6.07 Å². The molecule has 1 aromatic rings. The second-order valence-electron chi connectivity index (χ2n) is 1.65. The number of benzene rings is 1. The predicted octanol–water partition coefficient (Wildman–Crippen LogP) is 1.25. The van der Waals surface area contributed by atoms with Crippen LogP contribution in [-0.2, 0) is 0 Å². The van der Waals surface area contributed by atoms with E-state index in [1.54, 1.807) is 12.1 Å². The zero-order valence-electron chi connectivity index (χ0n) is 4.52. The Labute approximate surface area is 49.1 Å². The standard InChI is InChI=1S/C7H7N/c1-6-2-4-7(8)5-3-6/h2,4-5H,1,8H2. The highest BCUT2D eigenvalue weighted by Gasteiger charge is 1.81. The number of anilines is 1. The third-order valence-electron chi connectivity index (χ3n) is 0.901. The maximum atomic E-state index is 5.37. The molecule has 0 aromatic heterocycles. The highest BCUT2D eigenvalue weighted by atomic mass is 14.5. The summed E-state index contributed by atoms with van der Waals surface area (Å²) in [6, 6.07) is 8.21. The molecule has 1 aromatic carbocycles. The molecular formula is C7H7N. The van der Waals surface area contributed by atoms with Gasteiger partial charge in [0.05, 0.1) is 0 Å². The van der Waals surface area contributed by atoms with Crippen LogP contribution in [0.1, 0.15) is 5.56 Å². The van der Waals surface area contributed by atoms with Gasteiger partial charge in [0.25, 0.3) is 0 Å². The summed E-state index contributed by atoms with van der Waals surface area (Å²) in [5.41, 5.74) is 6.98. The molecule has 40 valence electrons. The molecule has 0 aliphatic rings. The quantitative estimate of drug-likeness (QED) is 0.494. The van der Waals surface area contributed by atoms with Gasteiger partial charge in [0.2, 0.25) is 0 Å². The van der Waals surface area contributed by atoms with Gasteiger partial charge in [0, 0.05) is 5.69 Å². The minimum absolute atomic E-state index is 0.734. The van der Waals surface area contributed by atoms with Crippen LogP contribution in [0.15, 0.2) is 18.2 Å². The Morgan fingerprint density at radius 2 is 2.25 bits per heavy atom. The number of nitrogens with two attached hydrogens (primary N) is 1. The molecule has 0 heterocycles. The molecular weight excluding hydrogens is 98.1 g/mol. The largest absolute Gasteiger partial charge is 0.399 e. The van der Waals surface area contributed by atoms with Crippen molar-refractivity contribution in [2.45, 2.75) is 0 Å². The molecule has 0 spiro atoms. The van der Waals surface area contributed by atoms with Crippen molar-refractivity contribution in [2.24, 2.45) is 0 Å². The topological polar surface area (TPSA) is 26.0 Å². The molecule has 0 saturated heterocycles. The minimum Gasteiger partial charge on any atom is -0.399 e. The fourth-order valence-corrected chi connectivity index (χ4v) is 0.469. The summed E-state index contributed by atoms with van der Waals surface area (Å²) >= 11 is 0. The van der Waals surface area contributed by atoms with Crippen molar-refractivity contribution in [3.63, 3.8) is 0 Å². The van der Waals surface area contributed by atoms with Crippen molar-refractivity contribution in [3.8, 4) is 0 Å². The molecule has 8 heavy (non-hydrogen) atoms. The summed E-state index contributed by atoms with van der Waals surface area (Å²) < 4.78 is 0. The number of hydrogen-bond acceptors (Lipinski definition) is 1. The van der Waals surface area contributed by atoms with E-state index in [-0.39, 0.29) is 0 Å². The first kappa shape index (κ1) is 5.16. The van der Waals surface area contributed by atoms with Gasteiger partial charge in [-0.2, -0.15) is 0 Å². The molecule has 0 amide bonds. The van der Waals surface area contributed by atoms with Crippen LogP contribution in [0.25, 0.3) is 0 Å². The molecule has 0 aliphatic heterocycles. The Bertz CT molecular complexity index is 143. The average Bonchev–Trinajstić information content (AvgIpc) is 1.77. The van der Waals surface area contributed by atoms with E-state index < -0.39 is 0 Å². The SMILES string of the molecule is [CH2]c1[c]cc(N)cc1. The summed E-state index contributed by atoms with van der Waals surface area (Å²) in [6.07, 6.45) is 0. The van der Waals surface area contributed by atoms with Crippen LogP contribution < -0.4 is 5.73 Å². The summed E-state index contributed by atoms with van der Waals surface area (Å²) in [7, 11) is 0. The molecule has 0 unspecified atom stereocenters. The van der Waals surface area contributed by atoms with Crippen molar-refractivity contribution >= 4 is 5.69 Å². The second-order valence-corrected chi connectivity index (χ2v) is 1.65. The molecule has 1 heteroatoms. The lowest BCUT2D eigenvalue weighted by Gasteiger charge is -1.89. The lowest BCUT2D eigenvalue weighted by atomic mass is 10.2. The summed E-state index contributed by atoms with van der Waals surface area (Å²) in [5.74, 6) is 0. The first-order valence-corrected chi connectivity index (χ1v) is 2.38. The maximum Gasteiger partial charge on any atom is 0.0320 e. The first-order valence-electron chi connectivity index (χ1n) is 2.38. The third kappa shape index (κ3) is 0.997. The van der Waals surface area contributed by atoms with Crippen LogP contribution in [0, 0.1) is 13.0 Å². The van der Waals surface area contributed by atoms with Gasteiger partial charge in [-0.15, -0.1) is 0 Å². The lowest BCUT2D eigenvalue weighted by Crippen LogP contribution is -1.82. The Morgan fingerprint density at radius 3 is 2.62 bits per heavy atom. The molecule has 2 N–H and O–H groups in total. The van der Waals surface area contributed by atoms with Crippen molar-refractivity contribution < 1.29 is 0 Å². The predicted molar refractivity (Wildman–Crippen MR) is 34.1 cm³/mol. The number of rotatable bonds is 0. The van der Waals surface area contributed by atoms with Crippen LogP contribution >= 0.6 is 0 Å². The Hall–Kier alpha value is -0.980.